The third-order valence-electron chi connectivity index (χ3n) is 6.42. The Morgan fingerprint density at radius 1 is 0.929 bits per heavy atom. The summed E-state index contributed by atoms with van der Waals surface area (Å²) in [5, 5.41) is 38.5. The number of carboxylic acids is 3. The zero-order valence-electron chi connectivity index (χ0n) is 23.0. The van der Waals surface area contributed by atoms with E-state index in [1.807, 2.05) is 0 Å². The van der Waals surface area contributed by atoms with Crippen LogP contribution >= 0.6 is 0 Å². The van der Waals surface area contributed by atoms with E-state index < -0.39 is 39.4 Å². The van der Waals surface area contributed by atoms with Crippen molar-refractivity contribution in [2.45, 2.75) is 74.9 Å². The number of benzene rings is 1. The molecule has 0 fully saturated rings. The maximum Gasteiger partial charge on any atom is 0.303 e. The highest BCUT2D eigenvalue weighted by molar-refractivity contribution is 7.89. The van der Waals surface area contributed by atoms with Crippen LogP contribution in [0.4, 0.5) is 0 Å². The highest BCUT2D eigenvalue weighted by atomic mass is 32.2. The molecule has 1 aromatic carbocycles. The van der Waals surface area contributed by atoms with Crippen molar-refractivity contribution in [2.24, 2.45) is 5.14 Å². The Labute approximate surface area is 243 Å². The molecule has 2 rings (SSSR count). The zero-order chi connectivity index (χ0) is 31.2. The van der Waals surface area contributed by atoms with E-state index in [0.29, 0.717) is 37.7 Å². The van der Waals surface area contributed by atoms with Crippen LogP contribution in [-0.2, 0) is 42.3 Å². The van der Waals surface area contributed by atoms with Crippen LogP contribution in [0.5, 0.6) is 5.75 Å². The van der Waals surface area contributed by atoms with Crippen molar-refractivity contribution >= 4 is 33.8 Å². The number of ether oxygens (including phenoxy) is 1. The number of sulfonamides is 1. The van der Waals surface area contributed by atoms with Gasteiger partial charge in [-0.2, -0.15) is 0 Å². The summed E-state index contributed by atoms with van der Waals surface area (Å²) in [5.41, 5.74) is -1.31. The van der Waals surface area contributed by atoms with E-state index in [0.717, 1.165) is 6.42 Å². The summed E-state index contributed by atoms with van der Waals surface area (Å²) in [6.07, 6.45) is 3.15. The van der Waals surface area contributed by atoms with Crippen molar-refractivity contribution in [3.8, 4) is 5.75 Å². The molecule has 0 saturated heterocycles. The van der Waals surface area contributed by atoms with Gasteiger partial charge < -0.3 is 35.3 Å². The third kappa shape index (κ3) is 12.7. The molecule has 0 aliphatic rings. The van der Waals surface area contributed by atoms with Crippen molar-refractivity contribution in [2.75, 3.05) is 13.2 Å². The molecular formula is C26H37N5O10S. The number of unbranched alkanes of at least 4 members (excludes halogenated alkanes) is 1. The van der Waals surface area contributed by atoms with Crippen LogP contribution in [0.3, 0.4) is 0 Å². The van der Waals surface area contributed by atoms with Crippen molar-refractivity contribution in [1.82, 2.24) is 20.2 Å². The number of nitrogens with two attached hydrogens (primary N) is 1. The van der Waals surface area contributed by atoms with E-state index in [1.165, 1.54) is 30.5 Å². The second-order valence-electron chi connectivity index (χ2n) is 9.73. The molecule has 7 N–H and O–H groups in total. The van der Waals surface area contributed by atoms with Gasteiger partial charge >= 0.3 is 17.9 Å². The average Bonchev–Trinajstić information content (AvgIpc) is 3.35. The number of hydrogen-bond donors (Lipinski definition) is 6. The summed E-state index contributed by atoms with van der Waals surface area (Å²) >= 11 is 0. The van der Waals surface area contributed by atoms with Crippen LogP contribution < -0.4 is 20.5 Å². The molecule has 1 heterocycles. The van der Waals surface area contributed by atoms with Gasteiger partial charge in [-0.05, 0) is 62.9 Å². The Bertz CT molecular complexity index is 1270. The van der Waals surface area contributed by atoms with Crippen molar-refractivity contribution in [3.05, 3.63) is 42.5 Å². The lowest BCUT2D eigenvalue weighted by Crippen LogP contribution is -2.50. The third-order valence-corrected chi connectivity index (χ3v) is 7.35. The van der Waals surface area contributed by atoms with Gasteiger partial charge in [0.25, 0.3) is 0 Å². The molecule has 0 spiro atoms. The number of carbonyl (C=O) groups excluding carboxylic acids is 1. The van der Waals surface area contributed by atoms with Crippen LogP contribution in [0.25, 0.3) is 0 Å². The predicted octanol–water partition coefficient (Wildman–Crippen LogP) is 0.929. The molecule has 0 atom stereocenters. The smallest absolute Gasteiger partial charge is 0.303 e. The molecule has 232 valence electrons. The Kier molecular flexibility index (Phi) is 13.4. The molecule has 0 radical (unpaired) electrons. The number of nitrogens with one attached hydrogen (secondary N) is 2. The summed E-state index contributed by atoms with van der Waals surface area (Å²) in [4.78, 5) is 50.8. The lowest BCUT2D eigenvalue weighted by atomic mass is 9.83. The first kappa shape index (κ1) is 34.2. The Morgan fingerprint density at radius 2 is 1.50 bits per heavy atom. The highest BCUT2D eigenvalue weighted by Crippen LogP contribution is 2.26. The Morgan fingerprint density at radius 3 is 2.02 bits per heavy atom. The molecule has 1 amide bonds. The molecule has 42 heavy (non-hydrogen) atoms. The number of carboxylic acid groups (broad SMARTS) is 3. The molecule has 2 aromatic rings. The minimum Gasteiger partial charge on any atom is -0.494 e. The monoisotopic (exact) mass is 611 g/mol. The summed E-state index contributed by atoms with van der Waals surface area (Å²) in [5.74, 6) is -2.88. The molecule has 0 unspecified atom stereocenters. The SMILES string of the molecule is NS(=O)(=O)c1ccc(OCCCCNCc2nccn2CC(=O)NC(CCC(=O)O)(CCC(=O)O)CCC(=O)O)cc1. The normalized spacial score (nSPS) is 11.6. The first-order chi connectivity index (χ1) is 19.8. The number of aliphatic carboxylic acids is 3. The van der Waals surface area contributed by atoms with Crippen molar-refractivity contribution in [3.63, 3.8) is 0 Å². The molecule has 1 aromatic heterocycles. The van der Waals surface area contributed by atoms with Gasteiger partial charge in [0.1, 0.15) is 18.1 Å². The fourth-order valence-corrected chi connectivity index (χ4v) is 4.73. The van der Waals surface area contributed by atoms with Gasteiger partial charge in [-0.15, -0.1) is 0 Å². The maximum atomic E-state index is 13.0. The molecular weight excluding hydrogens is 574 g/mol. The molecule has 15 nitrogen and oxygen atoms in total. The zero-order valence-corrected chi connectivity index (χ0v) is 23.8. The lowest BCUT2D eigenvalue weighted by Gasteiger charge is -2.34. The average molecular weight is 612 g/mol. The van der Waals surface area contributed by atoms with Crippen molar-refractivity contribution in [1.29, 1.82) is 0 Å². The van der Waals surface area contributed by atoms with E-state index in [-0.39, 0.29) is 50.0 Å². The Hall–Kier alpha value is -4.02. The van der Waals surface area contributed by atoms with Crippen LogP contribution in [-0.4, -0.2) is 75.8 Å². The van der Waals surface area contributed by atoms with Gasteiger partial charge in [-0.25, -0.2) is 18.5 Å². The standard InChI is InChI=1S/C26H37N5O10S/c27-42(39,40)20-5-3-19(4-6-20)41-16-2-1-13-28-17-21-29-14-15-31(21)18-22(32)30-26(10-7-23(33)34,11-8-24(35)36)12-9-25(37)38/h3-6,14-15,28H,1-2,7-13,16-18H2,(H,30,32)(H,33,34)(H,35,36)(H,37,38)(H2,27,39,40). The molecule has 0 aliphatic heterocycles. The lowest BCUT2D eigenvalue weighted by molar-refractivity contribution is -0.139. The van der Waals surface area contributed by atoms with E-state index >= 15 is 0 Å². The molecule has 0 saturated carbocycles. The van der Waals surface area contributed by atoms with Gasteiger partial charge in [0.2, 0.25) is 15.9 Å². The summed E-state index contributed by atoms with van der Waals surface area (Å²) in [6, 6.07) is 5.80. The summed E-state index contributed by atoms with van der Waals surface area (Å²) in [6.45, 7) is 1.20. The fraction of sp³-hybridized carbons (Fsp3) is 0.500. The Balaban J connectivity index is 1.85. The predicted molar refractivity (Wildman–Crippen MR) is 148 cm³/mol. The minimum absolute atomic E-state index is 0.00349. The van der Waals surface area contributed by atoms with Crippen LogP contribution in [0.1, 0.15) is 57.2 Å². The maximum absolute atomic E-state index is 13.0. The number of nitrogens with zero attached hydrogens (tertiary/aromatic N) is 2. The number of hydrogen-bond acceptors (Lipinski definition) is 9. The highest BCUT2D eigenvalue weighted by Gasteiger charge is 2.33. The van der Waals surface area contributed by atoms with Crippen LogP contribution in [0, 0.1) is 0 Å². The topological polar surface area (TPSA) is 240 Å². The fourth-order valence-electron chi connectivity index (χ4n) is 4.21. The van der Waals surface area contributed by atoms with Gasteiger partial charge in [0.15, 0.2) is 0 Å². The van der Waals surface area contributed by atoms with Gasteiger partial charge in [-0.1, -0.05) is 0 Å². The van der Waals surface area contributed by atoms with E-state index in [2.05, 4.69) is 15.6 Å². The number of aromatic nitrogens is 2. The minimum atomic E-state index is -3.76. The number of carbonyl (C=O) groups is 4. The molecule has 16 heteroatoms. The van der Waals surface area contributed by atoms with Crippen LogP contribution in [0.15, 0.2) is 41.6 Å². The van der Waals surface area contributed by atoms with Gasteiger partial charge in [0.05, 0.1) is 18.0 Å². The first-order valence-corrected chi connectivity index (χ1v) is 14.8. The van der Waals surface area contributed by atoms with E-state index in [9.17, 15) is 27.6 Å². The number of amides is 1. The van der Waals surface area contributed by atoms with Crippen molar-refractivity contribution < 1.29 is 47.7 Å². The van der Waals surface area contributed by atoms with Gasteiger partial charge in [0, 0.05) is 37.2 Å². The van der Waals surface area contributed by atoms with Gasteiger partial charge in [-0.3, -0.25) is 19.2 Å². The largest absolute Gasteiger partial charge is 0.494 e. The second kappa shape index (κ2) is 16.4. The summed E-state index contributed by atoms with van der Waals surface area (Å²) < 4.78 is 29.8. The first-order valence-electron chi connectivity index (χ1n) is 13.2. The summed E-state index contributed by atoms with van der Waals surface area (Å²) in [7, 11) is -3.76. The quantitative estimate of drug-likeness (QED) is 0.108. The van der Waals surface area contributed by atoms with E-state index in [4.69, 9.17) is 25.2 Å². The molecule has 0 aliphatic carbocycles. The number of imidazole rings is 1. The number of rotatable bonds is 21. The van der Waals surface area contributed by atoms with E-state index in [1.54, 1.807) is 10.8 Å². The second-order valence-corrected chi connectivity index (χ2v) is 11.3. The number of primary sulfonamides is 1. The van der Waals surface area contributed by atoms with Crippen LogP contribution in [0.2, 0.25) is 0 Å². The molecule has 0 bridgehead atoms.